The third-order valence-electron chi connectivity index (χ3n) is 7.49. The Morgan fingerprint density at radius 3 is 2.68 bits per heavy atom. The first-order valence-corrected chi connectivity index (χ1v) is 12.4. The lowest BCUT2D eigenvalue weighted by Crippen LogP contribution is -2.70. The van der Waals surface area contributed by atoms with Crippen molar-refractivity contribution in [3.8, 4) is 0 Å². The number of hydrogen-bond acceptors (Lipinski definition) is 8. The maximum atomic E-state index is 13.3. The summed E-state index contributed by atoms with van der Waals surface area (Å²) in [5.41, 5.74) is 1.20. The van der Waals surface area contributed by atoms with Crippen molar-refractivity contribution in [3.63, 3.8) is 0 Å². The fourth-order valence-electron chi connectivity index (χ4n) is 5.35. The molecule has 3 fully saturated rings. The third kappa shape index (κ3) is 4.26. The molecule has 0 bridgehead atoms. The van der Waals surface area contributed by atoms with E-state index in [1.165, 1.54) is 6.20 Å². The number of carbonyl (C=O) groups excluding carboxylic acids is 1. The van der Waals surface area contributed by atoms with E-state index in [2.05, 4.69) is 30.6 Å². The van der Waals surface area contributed by atoms with Gasteiger partial charge in [-0.3, -0.25) is 14.2 Å². The average Bonchev–Trinajstić information content (AvgIpc) is 3.58. The van der Waals surface area contributed by atoms with Crippen molar-refractivity contribution in [1.29, 1.82) is 0 Å². The molecule has 13 heteroatoms. The van der Waals surface area contributed by atoms with E-state index in [1.54, 1.807) is 35.9 Å². The highest BCUT2D eigenvalue weighted by Gasteiger charge is 2.63. The van der Waals surface area contributed by atoms with E-state index in [0.717, 1.165) is 18.5 Å². The van der Waals surface area contributed by atoms with Crippen LogP contribution in [-0.2, 0) is 0 Å². The zero-order chi connectivity index (χ0) is 26.7. The van der Waals surface area contributed by atoms with Gasteiger partial charge in [0, 0.05) is 36.5 Å². The number of amides is 1. The van der Waals surface area contributed by atoms with E-state index in [9.17, 15) is 18.7 Å². The summed E-state index contributed by atoms with van der Waals surface area (Å²) in [6, 6.07) is 5.60. The Kier molecular flexibility index (Phi) is 5.63. The van der Waals surface area contributed by atoms with Gasteiger partial charge in [-0.25, -0.2) is 13.8 Å². The van der Waals surface area contributed by atoms with E-state index < -0.39 is 12.0 Å². The van der Waals surface area contributed by atoms with E-state index in [-0.39, 0.29) is 36.0 Å². The summed E-state index contributed by atoms with van der Waals surface area (Å²) in [6.45, 7) is 2.92. The number of rotatable bonds is 6. The molecule has 0 aromatic carbocycles. The number of hydrogen-bond donors (Lipinski definition) is 3. The number of aromatic nitrogens is 3. The van der Waals surface area contributed by atoms with Crippen LogP contribution < -0.4 is 16.1 Å². The average molecular weight is 524 g/mol. The van der Waals surface area contributed by atoms with Crippen LogP contribution in [0.3, 0.4) is 0 Å². The summed E-state index contributed by atoms with van der Waals surface area (Å²) in [5, 5.41) is 24.8. The number of nitrogens with one attached hydrogen (secondary N) is 1. The molecule has 1 saturated heterocycles. The highest BCUT2D eigenvalue weighted by molar-refractivity contribution is 6.05. The van der Waals surface area contributed by atoms with Crippen molar-refractivity contribution in [2.24, 2.45) is 26.6 Å². The summed E-state index contributed by atoms with van der Waals surface area (Å²) in [4.78, 5) is 24.0. The number of aryl methyl sites for hydroxylation is 1. The highest BCUT2D eigenvalue weighted by atomic mass is 19.3. The number of alkyl halides is 2. The molecule has 1 aliphatic heterocycles. The maximum Gasteiger partial charge on any atom is 0.274 e. The molecule has 2 aliphatic carbocycles. The van der Waals surface area contributed by atoms with Gasteiger partial charge in [-0.15, -0.1) is 5.11 Å². The summed E-state index contributed by atoms with van der Waals surface area (Å²) in [7, 11) is 0. The lowest BCUT2D eigenvalue weighted by molar-refractivity contribution is -0.209. The molecular formula is C25H27F2N9O2. The Morgan fingerprint density at radius 2 is 2.00 bits per heavy atom. The molecular weight excluding hydrogens is 496 g/mol. The Bertz CT molecular complexity index is 1470. The van der Waals surface area contributed by atoms with Crippen LogP contribution in [0.15, 0.2) is 52.1 Å². The third-order valence-corrected chi connectivity index (χ3v) is 7.49. The Hall–Kier alpha value is -4.00. The van der Waals surface area contributed by atoms with Crippen LogP contribution in [0.4, 0.5) is 20.2 Å². The summed E-state index contributed by atoms with van der Waals surface area (Å²) in [5.74, 6) is 5.35. The number of amidine groups is 1. The fraction of sp³-hybridized carbons (Fsp3) is 0.440. The van der Waals surface area contributed by atoms with Crippen molar-refractivity contribution in [2.45, 2.75) is 50.7 Å². The molecule has 0 unspecified atom stereocenters. The lowest BCUT2D eigenvalue weighted by atomic mass is 9.55. The first-order valence-electron chi connectivity index (χ1n) is 12.4. The number of hydrazone groups is 1. The number of carbonyl (C=O) groups is 1. The number of pyridine rings is 2. The molecule has 0 atom stereocenters. The van der Waals surface area contributed by atoms with E-state index in [1.807, 2.05) is 11.0 Å². The molecule has 4 heterocycles. The number of nitrogens with zero attached hydrogens (tertiary/aromatic N) is 7. The number of imidazole rings is 1. The summed E-state index contributed by atoms with van der Waals surface area (Å²) >= 11 is 0. The van der Waals surface area contributed by atoms with Crippen molar-refractivity contribution in [2.75, 3.05) is 23.3 Å². The van der Waals surface area contributed by atoms with Crippen LogP contribution in [0, 0.1) is 12.3 Å². The molecule has 198 valence electrons. The van der Waals surface area contributed by atoms with Crippen LogP contribution >= 0.6 is 0 Å². The van der Waals surface area contributed by atoms with E-state index in [4.69, 9.17) is 5.84 Å². The molecule has 6 rings (SSSR count). The first kappa shape index (κ1) is 24.3. The normalized spacial score (nSPS) is 20.2. The molecule has 3 aromatic rings. The molecule has 3 aliphatic rings. The van der Waals surface area contributed by atoms with Gasteiger partial charge in [-0.05, 0) is 50.8 Å². The van der Waals surface area contributed by atoms with Gasteiger partial charge in [0.2, 0.25) is 5.84 Å². The van der Waals surface area contributed by atoms with Gasteiger partial charge >= 0.3 is 0 Å². The maximum absolute atomic E-state index is 13.3. The van der Waals surface area contributed by atoms with Crippen LogP contribution in [0.25, 0.3) is 5.65 Å². The minimum Gasteiger partial charge on any atom is -0.384 e. The van der Waals surface area contributed by atoms with Crippen molar-refractivity contribution in [3.05, 3.63) is 53.7 Å². The van der Waals surface area contributed by atoms with Gasteiger partial charge in [0.15, 0.2) is 0 Å². The van der Waals surface area contributed by atoms with Crippen molar-refractivity contribution in [1.82, 2.24) is 14.4 Å². The second kappa shape index (κ2) is 8.79. The number of nitrogens with two attached hydrogens (primary N) is 1. The number of halogens is 2. The summed E-state index contributed by atoms with van der Waals surface area (Å²) in [6.07, 6.45) is 4.33. The molecule has 2 saturated carbocycles. The zero-order valence-corrected chi connectivity index (χ0v) is 20.7. The Morgan fingerprint density at radius 1 is 1.24 bits per heavy atom. The van der Waals surface area contributed by atoms with E-state index in [0.29, 0.717) is 41.4 Å². The van der Waals surface area contributed by atoms with Crippen LogP contribution in [-0.4, -0.2) is 62.4 Å². The lowest BCUT2D eigenvalue weighted by Gasteiger charge is -2.62. The summed E-state index contributed by atoms with van der Waals surface area (Å²) < 4.78 is 27.8. The topological polar surface area (TPSA) is 146 Å². The molecule has 3 aromatic heterocycles. The van der Waals surface area contributed by atoms with Crippen LogP contribution in [0.5, 0.6) is 0 Å². The predicted octanol–water partition coefficient (Wildman–Crippen LogP) is 3.12. The number of aliphatic hydroxyl groups is 1. The van der Waals surface area contributed by atoms with Crippen LogP contribution in [0.1, 0.15) is 47.4 Å². The second-order valence-electron chi connectivity index (χ2n) is 10.6. The minimum atomic E-state index is -2.73. The monoisotopic (exact) mass is 523 g/mol. The fourth-order valence-corrected chi connectivity index (χ4v) is 5.35. The smallest absolute Gasteiger partial charge is 0.274 e. The standard InChI is InChI=1S/C25H27F2N9O2/c1-14-18(6-15(7-29-14)21(32-28)34-33-16-2-3-16)31-22(37)19-8-30-20-5-4-17(9-36(19)20)35-12-24(13-35)10-25(38,11-24)23(26)27/h4-9,16,23,38H,2-3,10-13,28H2,1H3,(H,31,37)/b32-21-,34-33?. The number of azo groups is 1. The quantitative estimate of drug-likeness (QED) is 0.149. The van der Waals surface area contributed by atoms with Gasteiger partial charge in [-0.2, -0.15) is 10.2 Å². The molecule has 11 nitrogen and oxygen atoms in total. The minimum absolute atomic E-state index is 0.0973. The first-order chi connectivity index (χ1) is 18.2. The van der Waals surface area contributed by atoms with Crippen molar-refractivity contribution >= 4 is 28.8 Å². The molecule has 4 N–H and O–H groups in total. The van der Waals surface area contributed by atoms with Gasteiger partial charge in [0.05, 0.1) is 29.3 Å². The van der Waals surface area contributed by atoms with Gasteiger partial charge in [0.1, 0.15) is 16.9 Å². The van der Waals surface area contributed by atoms with Crippen LogP contribution in [0.2, 0.25) is 0 Å². The Balaban J connectivity index is 1.18. The van der Waals surface area contributed by atoms with E-state index >= 15 is 0 Å². The second-order valence-corrected chi connectivity index (χ2v) is 10.6. The zero-order valence-electron chi connectivity index (χ0n) is 20.7. The molecule has 0 radical (unpaired) electrons. The van der Waals surface area contributed by atoms with Gasteiger partial charge in [-0.1, -0.05) is 0 Å². The van der Waals surface area contributed by atoms with Crippen molar-refractivity contribution < 1.29 is 18.7 Å². The van der Waals surface area contributed by atoms with Gasteiger partial charge < -0.3 is 21.2 Å². The Labute approximate surface area is 216 Å². The predicted molar refractivity (Wildman–Crippen MR) is 136 cm³/mol. The number of fused-ring (bicyclic) bond motifs is 1. The molecule has 1 spiro atoms. The SMILES string of the molecule is Cc1ncc(/C(N=NC2CC2)=N/N)cc1NC(=O)c1cnc2ccc(N3CC4(C3)CC(O)(C(F)F)C4)cn12. The molecule has 38 heavy (non-hydrogen) atoms. The largest absolute Gasteiger partial charge is 0.384 e. The highest BCUT2D eigenvalue weighted by Crippen LogP contribution is 2.56. The van der Waals surface area contributed by atoms with Gasteiger partial charge in [0.25, 0.3) is 12.3 Å². The molecule has 1 amide bonds. The number of anilines is 2.